The average molecular weight is 247 g/mol. The molecule has 0 bridgehead atoms. The Balaban J connectivity index is 2.21. The standard InChI is InChI=1S/C14H15ClN2/c1-16-14(9-11-5-4-8-17-10-11)12-6-2-3-7-13(12)15/h2-8,10,14,16H,9H2,1H3. The van der Waals surface area contributed by atoms with Crippen LogP contribution in [0.1, 0.15) is 17.2 Å². The van der Waals surface area contributed by atoms with Gasteiger partial charge in [-0.2, -0.15) is 0 Å². The third-order valence-corrected chi connectivity index (χ3v) is 3.14. The summed E-state index contributed by atoms with van der Waals surface area (Å²) in [4.78, 5) is 4.13. The summed E-state index contributed by atoms with van der Waals surface area (Å²) < 4.78 is 0. The highest BCUT2D eigenvalue weighted by atomic mass is 35.5. The van der Waals surface area contributed by atoms with Gasteiger partial charge in [0.2, 0.25) is 0 Å². The second-order valence-electron chi connectivity index (χ2n) is 3.93. The molecule has 1 aromatic heterocycles. The quantitative estimate of drug-likeness (QED) is 0.896. The van der Waals surface area contributed by atoms with Crippen LogP contribution in [0.15, 0.2) is 48.8 Å². The minimum absolute atomic E-state index is 0.216. The Kier molecular flexibility index (Phi) is 4.13. The molecule has 0 saturated heterocycles. The van der Waals surface area contributed by atoms with Gasteiger partial charge in [-0.3, -0.25) is 4.98 Å². The van der Waals surface area contributed by atoms with E-state index in [2.05, 4.69) is 22.4 Å². The van der Waals surface area contributed by atoms with E-state index in [1.165, 1.54) is 5.56 Å². The lowest BCUT2D eigenvalue weighted by molar-refractivity contribution is 0.591. The first-order valence-corrected chi connectivity index (χ1v) is 5.99. The summed E-state index contributed by atoms with van der Waals surface area (Å²) >= 11 is 6.21. The lowest BCUT2D eigenvalue weighted by atomic mass is 10.00. The summed E-state index contributed by atoms with van der Waals surface area (Å²) in [7, 11) is 1.95. The van der Waals surface area contributed by atoms with Crippen molar-refractivity contribution in [2.24, 2.45) is 0 Å². The summed E-state index contributed by atoms with van der Waals surface area (Å²) in [6, 6.07) is 12.2. The molecule has 88 valence electrons. The Hall–Kier alpha value is -1.38. The fraction of sp³-hybridized carbons (Fsp3) is 0.214. The number of hydrogen-bond acceptors (Lipinski definition) is 2. The van der Waals surface area contributed by atoms with E-state index in [4.69, 9.17) is 11.6 Å². The molecule has 2 nitrogen and oxygen atoms in total. The first-order chi connectivity index (χ1) is 8.31. The first kappa shape index (κ1) is 12.1. The Morgan fingerprint density at radius 1 is 1.24 bits per heavy atom. The van der Waals surface area contributed by atoms with Gasteiger partial charge >= 0.3 is 0 Å². The number of halogens is 1. The largest absolute Gasteiger partial charge is 0.313 e. The van der Waals surface area contributed by atoms with Crippen LogP contribution < -0.4 is 5.32 Å². The van der Waals surface area contributed by atoms with Crippen LogP contribution in [0, 0.1) is 0 Å². The molecule has 0 fully saturated rings. The fourth-order valence-electron chi connectivity index (χ4n) is 1.88. The highest BCUT2D eigenvalue weighted by Crippen LogP contribution is 2.24. The third kappa shape index (κ3) is 3.05. The van der Waals surface area contributed by atoms with Crippen LogP contribution in [0.4, 0.5) is 0 Å². The zero-order valence-electron chi connectivity index (χ0n) is 9.73. The van der Waals surface area contributed by atoms with Gasteiger partial charge in [-0.05, 0) is 36.7 Å². The minimum Gasteiger partial charge on any atom is -0.313 e. The van der Waals surface area contributed by atoms with Crippen LogP contribution in [0.3, 0.4) is 0 Å². The highest BCUT2D eigenvalue weighted by Gasteiger charge is 2.12. The van der Waals surface area contributed by atoms with Crippen molar-refractivity contribution >= 4 is 11.6 Å². The van der Waals surface area contributed by atoms with E-state index in [1.54, 1.807) is 6.20 Å². The molecular formula is C14H15ClN2. The Morgan fingerprint density at radius 2 is 2.06 bits per heavy atom. The smallest absolute Gasteiger partial charge is 0.0453 e. The maximum absolute atomic E-state index is 6.21. The lowest BCUT2D eigenvalue weighted by Gasteiger charge is -2.17. The van der Waals surface area contributed by atoms with Crippen LogP contribution in [0.25, 0.3) is 0 Å². The van der Waals surface area contributed by atoms with Gasteiger partial charge in [-0.15, -0.1) is 0 Å². The van der Waals surface area contributed by atoms with Gasteiger partial charge in [0.15, 0.2) is 0 Å². The molecule has 1 aromatic carbocycles. The van der Waals surface area contributed by atoms with Crippen molar-refractivity contribution in [1.82, 2.24) is 10.3 Å². The van der Waals surface area contributed by atoms with Gasteiger partial charge < -0.3 is 5.32 Å². The molecular weight excluding hydrogens is 232 g/mol. The monoisotopic (exact) mass is 246 g/mol. The lowest BCUT2D eigenvalue weighted by Crippen LogP contribution is -2.19. The molecule has 2 rings (SSSR count). The van der Waals surface area contributed by atoms with Crippen molar-refractivity contribution in [3.63, 3.8) is 0 Å². The number of benzene rings is 1. The SMILES string of the molecule is CNC(Cc1cccnc1)c1ccccc1Cl. The molecule has 0 spiro atoms. The second kappa shape index (κ2) is 5.80. The Labute approximate surface area is 107 Å². The zero-order valence-corrected chi connectivity index (χ0v) is 10.5. The summed E-state index contributed by atoms with van der Waals surface area (Å²) in [6.07, 6.45) is 4.56. The molecule has 1 N–H and O–H groups in total. The molecule has 0 aliphatic carbocycles. The maximum atomic E-state index is 6.21. The molecule has 1 atom stereocenters. The molecule has 0 radical (unpaired) electrons. The highest BCUT2D eigenvalue weighted by molar-refractivity contribution is 6.31. The third-order valence-electron chi connectivity index (χ3n) is 2.79. The molecule has 0 aliphatic rings. The van der Waals surface area contributed by atoms with Crippen molar-refractivity contribution in [3.8, 4) is 0 Å². The molecule has 1 heterocycles. The predicted molar refractivity (Wildman–Crippen MR) is 71.2 cm³/mol. The van der Waals surface area contributed by atoms with Crippen molar-refractivity contribution in [1.29, 1.82) is 0 Å². The van der Waals surface area contributed by atoms with E-state index in [-0.39, 0.29) is 6.04 Å². The molecule has 0 aliphatic heterocycles. The van der Waals surface area contributed by atoms with Crippen molar-refractivity contribution in [2.75, 3.05) is 7.05 Å². The normalized spacial score (nSPS) is 12.4. The summed E-state index contributed by atoms with van der Waals surface area (Å²) in [5, 5.41) is 4.10. The number of rotatable bonds is 4. The predicted octanol–water partition coefficient (Wildman–Crippen LogP) is 3.24. The summed E-state index contributed by atoms with van der Waals surface area (Å²) in [5.41, 5.74) is 2.33. The van der Waals surface area contributed by atoms with Gasteiger partial charge in [0.25, 0.3) is 0 Å². The van der Waals surface area contributed by atoms with E-state index in [0.717, 1.165) is 17.0 Å². The van der Waals surface area contributed by atoms with Gasteiger partial charge in [0, 0.05) is 23.5 Å². The van der Waals surface area contributed by atoms with Crippen LogP contribution in [0.5, 0.6) is 0 Å². The van der Waals surface area contributed by atoms with E-state index < -0.39 is 0 Å². The molecule has 17 heavy (non-hydrogen) atoms. The molecule has 0 amide bonds. The second-order valence-corrected chi connectivity index (χ2v) is 4.34. The minimum atomic E-state index is 0.216. The van der Waals surface area contributed by atoms with E-state index in [9.17, 15) is 0 Å². The van der Waals surface area contributed by atoms with Crippen LogP contribution in [-0.2, 0) is 6.42 Å². The van der Waals surface area contributed by atoms with E-state index >= 15 is 0 Å². The summed E-state index contributed by atoms with van der Waals surface area (Å²) in [6.45, 7) is 0. The summed E-state index contributed by atoms with van der Waals surface area (Å²) in [5.74, 6) is 0. The Bertz CT molecular complexity index is 471. The molecule has 1 unspecified atom stereocenters. The topological polar surface area (TPSA) is 24.9 Å². The number of hydrogen-bond donors (Lipinski definition) is 1. The zero-order chi connectivity index (χ0) is 12.1. The van der Waals surface area contributed by atoms with Crippen LogP contribution >= 0.6 is 11.6 Å². The number of aromatic nitrogens is 1. The van der Waals surface area contributed by atoms with Gasteiger partial charge in [0.1, 0.15) is 0 Å². The van der Waals surface area contributed by atoms with Crippen LogP contribution in [0.2, 0.25) is 5.02 Å². The maximum Gasteiger partial charge on any atom is 0.0453 e. The fourth-order valence-corrected chi connectivity index (χ4v) is 2.15. The molecule has 2 aromatic rings. The first-order valence-electron chi connectivity index (χ1n) is 5.62. The van der Waals surface area contributed by atoms with Crippen molar-refractivity contribution < 1.29 is 0 Å². The van der Waals surface area contributed by atoms with Gasteiger partial charge in [-0.25, -0.2) is 0 Å². The number of pyridine rings is 1. The number of nitrogens with one attached hydrogen (secondary N) is 1. The van der Waals surface area contributed by atoms with Gasteiger partial charge in [0.05, 0.1) is 0 Å². The van der Waals surface area contributed by atoms with E-state index in [0.29, 0.717) is 0 Å². The molecule has 3 heteroatoms. The number of likely N-dealkylation sites (N-methyl/N-ethyl adjacent to an activating group) is 1. The molecule has 0 saturated carbocycles. The number of nitrogens with zero attached hydrogens (tertiary/aromatic N) is 1. The van der Waals surface area contributed by atoms with Gasteiger partial charge in [-0.1, -0.05) is 35.9 Å². The van der Waals surface area contributed by atoms with Crippen molar-refractivity contribution in [3.05, 3.63) is 64.9 Å². The van der Waals surface area contributed by atoms with E-state index in [1.807, 2.05) is 37.5 Å². The van der Waals surface area contributed by atoms with Crippen molar-refractivity contribution in [2.45, 2.75) is 12.5 Å². The average Bonchev–Trinajstić information content (AvgIpc) is 2.38. The Morgan fingerprint density at radius 3 is 2.71 bits per heavy atom. The van der Waals surface area contributed by atoms with Crippen LogP contribution in [-0.4, -0.2) is 12.0 Å².